The molecule has 0 aliphatic rings. The number of Topliss-reactive ketones (excluding diaryl/α,β-unsaturated/α-hetero) is 1. The van der Waals surface area contributed by atoms with E-state index in [-0.39, 0.29) is 18.6 Å². The molecule has 1 amide bonds. The molecule has 0 aliphatic carbocycles. The van der Waals surface area contributed by atoms with Crippen molar-refractivity contribution in [3.05, 3.63) is 24.3 Å². The Kier molecular flexibility index (Phi) is 8.07. The number of aliphatic hydroxyl groups excluding tert-OH is 1. The largest absolute Gasteiger partial charge is 0.385 e. The highest BCUT2D eigenvalue weighted by atomic mass is 16.3. The minimum Gasteiger partial charge on any atom is -0.385 e. The van der Waals surface area contributed by atoms with E-state index in [0.29, 0.717) is 6.42 Å². The second-order valence-corrected chi connectivity index (χ2v) is 3.47. The highest BCUT2D eigenvalue weighted by Crippen LogP contribution is 2.01. The van der Waals surface area contributed by atoms with E-state index < -0.39 is 12.0 Å². The lowest BCUT2D eigenvalue weighted by Crippen LogP contribution is -2.26. The number of carbonyl (C=O) groups is 2. The van der Waals surface area contributed by atoms with E-state index in [0.717, 1.165) is 6.42 Å². The van der Waals surface area contributed by atoms with Gasteiger partial charge in [0.2, 0.25) is 5.91 Å². The van der Waals surface area contributed by atoms with Crippen LogP contribution in [0.5, 0.6) is 0 Å². The van der Waals surface area contributed by atoms with Gasteiger partial charge in [-0.25, -0.2) is 0 Å². The molecule has 3 N–H and O–H groups in total. The van der Waals surface area contributed by atoms with Gasteiger partial charge in [0.05, 0.1) is 6.42 Å². The first kappa shape index (κ1) is 14.6. The quantitative estimate of drug-likeness (QED) is 0.607. The van der Waals surface area contributed by atoms with Crippen LogP contribution < -0.4 is 5.73 Å². The highest BCUT2D eigenvalue weighted by molar-refractivity contribution is 5.88. The number of primary amides is 1. The number of amides is 1. The van der Waals surface area contributed by atoms with Gasteiger partial charge in [-0.3, -0.25) is 9.59 Å². The maximum atomic E-state index is 11.3. The van der Waals surface area contributed by atoms with Crippen LogP contribution in [0, 0.1) is 0 Å². The van der Waals surface area contributed by atoms with Gasteiger partial charge < -0.3 is 10.8 Å². The highest BCUT2D eigenvalue weighted by Gasteiger charge is 2.15. The molecule has 0 saturated carbocycles. The van der Waals surface area contributed by atoms with Crippen LogP contribution in [0.2, 0.25) is 0 Å². The van der Waals surface area contributed by atoms with Crippen molar-refractivity contribution in [2.24, 2.45) is 5.73 Å². The van der Waals surface area contributed by atoms with Crippen LogP contribution in [0.15, 0.2) is 24.3 Å². The van der Waals surface area contributed by atoms with Crippen molar-refractivity contribution in [2.45, 2.75) is 38.7 Å². The first-order valence-corrected chi connectivity index (χ1v) is 5.33. The van der Waals surface area contributed by atoms with E-state index >= 15 is 0 Å². The van der Waals surface area contributed by atoms with Crippen LogP contribution in [-0.4, -0.2) is 22.9 Å². The molecule has 0 radical (unpaired) electrons. The molecule has 4 nitrogen and oxygen atoms in total. The van der Waals surface area contributed by atoms with E-state index in [1.807, 2.05) is 31.2 Å². The van der Waals surface area contributed by atoms with Crippen molar-refractivity contribution in [1.29, 1.82) is 0 Å². The maximum absolute atomic E-state index is 11.3. The molecule has 0 heterocycles. The third-order valence-electron chi connectivity index (χ3n) is 2.00. The molecule has 0 aromatic carbocycles. The van der Waals surface area contributed by atoms with Crippen molar-refractivity contribution in [1.82, 2.24) is 0 Å². The summed E-state index contributed by atoms with van der Waals surface area (Å²) in [7, 11) is 0. The zero-order valence-electron chi connectivity index (χ0n) is 9.56. The maximum Gasteiger partial charge on any atom is 0.220 e. The molecule has 0 unspecified atom stereocenters. The van der Waals surface area contributed by atoms with Crippen molar-refractivity contribution < 1.29 is 14.7 Å². The molecule has 16 heavy (non-hydrogen) atoms. The molecule has 0 saturated heterocycles. The summed E-state index contributed by atoms with van der Waals surface area (Å²) in [5.41, 5.74) is 4.87. The van der Waals surface area contributed by atoms with Crippen LogP contribution in [-0.2, 0) is 9.59 Å². The number of hydrogen-bond acceptors (Lipinski definition) is 3. The lowest BCUT2D eigenvalue weighted by molar-refractivity contribution is -0.131. The number of carbonyl (C=O) groups excluding carboxylic acids is 2. The van der Waals surface area contributed by atoms with Gasteiger partial charge in [-0.1, -0.05) is 24.3 Å². The molecule has 0 fully saturated rings. The Labute approximate surface area is 95.8 Å². The summed E-state index contributed by atoms with van der Waals surface area (Å²) < 4.78 is 0. The molecule has 90 valence electrons. The summed E-state index contributed by atoms with van der Waals surface area (Å²) in [5.74, 6) is -1.00. The molecule has 0 aromatic heterocycles. The fourth-order valence-electron chi connectivity index (χ4n) is 1.13. The van der Waals surface area contributed by atoms with Gasteiger partial charge >= 0.3 is 0 Å². The number of allylic oxidation sites excluding steroid dienone is 4. The fraction of sp³-hybridized carbons (Fsp3) is 0.500. The molecular formula is C12H19NO3. The van der Waals surface area contributed by atoms with Gasteiger partial charge in [0.1, 0.15) is 6.10 Å². The topological polar surface area (TPSA) is 80.4 Å². The smallest absolute Gasteiger partial charge is 0.220 e. The number of rotatable bonds is 8. The van der Waals surface area contributed by atoms with E-state index in [2.05, 4.69) is 0 Å². The molecular weight excluding hydrogens is 206 g/mol. The number of aliphatic hydroxyl groups is 1. The van der Waals surface area contributed by atoms with Gasteiger partial charge in [-0.15, -0.1) is 0 Å². The fourth-order valence-corrected chi connectivity index (χ4v) is 1.13. The number of nitrogens with two attached hydrogens (primary N) is 1. The zero-order chi connectivity index (χ0) is 12.4. The third-order valence-corrected chi connectivity index (χ3v) is 2.00. The normalized spacial score (nSPS) is 13.4. The predicted octanol–water partition coefficient (Wildman–Crippen LogP) is 1.09. The van der Waals surface area contributed by atoms with E-state index in [1.54, 1.807) is 0 Å². The van der Waals surface area contributed by atoms with Crippen LogP contribution in [0.25, 0.3) is 0 Å². The van der Waals surface area contributed by atoms with E-state index in [4.69, 9.17) is 5.73 Å². The minimum absolute atomic E-state index is 0.237. The second kappa shape index (κ2) is 8.85. The number of ketones is 1. The summed E-state index contributed by atoms with van der Waals surface area (Å²) >= 11 is 0. The molecule has 0 aromatic rings. The van der Waals surface area contributed by atoms with Gasteiger partial charge in [0.15, 0.2) is 5.78 Å². The van der Waals surface area contributed by atoms with Crippen molar-refractivity contribution >= 4 is 11.7 Å². The summed E-state index contributed by atoms with van der Waals surface area (Å²) in [4.78, 5) is 21.7. The molecule has 0 bridgehead atoms. The average molecular weight is 225 g/mol. The summed E-state index contributed by atoms with van der Waals surface area (Å²) in [6, 6.07) is 0. The Morgan fingerprint density at radius 2 is 2.00 bits per heavy atom. The first-order valence-electron chi connectivity index (χ1n) is 5.33. The monoisotopic (exact) mass is 225 g/mol. The van der Waals surface area contributed by atoms with Gasteiger partial charge in [0.25, 0.3) is 0 Å². The zero-order valence-corrected chi connectivity index (χ0v) is 9.56. The predicted molar refractivity (Wildman–Crippen MR) is 62.6 cm³/mol. The Morgan fingerprint density at radius 1 is 1.31 bits per heavy atom. The van der Waals surface area contributed by atoms with Crippen molar-refractivity contribution in [2.75, 3.05) is 0 Å². The van der Waals surface area contributed by atoms with E-state index in [1.165, 1.54) is 0 Å². The Morgan fingerprint density at radius 3 is 2.56 bits per heavy atom. The lowest BCUT2D eigenvalue weighted by Gasteiger charge is -2.05. The lowest BCUT2D eigenvalue weighted by atomic mass is 10.1. The van der Waals surface area contributed by atoms with Crippen LogP contribution >= 0.6 is 0 Å². The summed E-state index contributed by atoms with van der Waals surface area (Å²) in [6.45, 7) is 1.94. The van der Waals surface area contributed by atoms with Crippen LogP contribution in [0.4, 0.5) is 0 Å². The van der Waals surface area contributed by atoms with Gasteiger partial charge in [0, 0.05) is 6.42 Å². The molecule has 0 aliphatic heterocycles. The number of hydrogen-bond donors (Lipinski definition) is 2. The molecule has 0 rings (SSSR count). The summed E-state index contributed by atoms with van der Waals surface area (Å²) in [5, 5.41) is 9.24. The third kappa shape index (κ3) is 7.94. The molecule has 0 spiro atoms. The minimum atomic E-state index is -1.25. The SMILES string of the molecule is C/C=C/C/C=C/CCC(=O)[C@H](O)CC(N)=O. The van der Waals surface area contributed by atoms with Crippen molar-refractivity contribution in [3.8, 4) is 0 Å². The van der Waals surface area contributed by atoms with Crippen LogP contribution in [0.1, 0.15) is 32.6 Å². The molecule has 4 heteroatoms. The van der Waals surface area contributed by atoms with Crippen LogP contribution in [0.3, 0.4) is 0 Å². The standard InChI is InChI=1S/C12H19NO3/c1-2-3-4-5-6-7-8-10(14)11(15)9-12(13)16/h2-3,5-6,11,15H,4,7-9H2,1H3,(H2,13,16)/b3-2+,6-5+/t11-/m1/s1. The Hall–Kier alpha value is -1.42. The second-order valence-electron chi connectivity index (χ2n) is 3.47. The van der Waals surface area contributed by atoms with Gasteiger partial charge in [-0.05, 0) is 19.8 Å². The average Bonchev–Trinajstić information content (AvgIpc) is 2.21. The summed E-state index contributed by atoms with van der Waals surface area (Å²) in [6.07, 6.45) is 7.90. The Bertz CT molecular complexity index is 282. The van der Waals surface area contributed by atoms with Crippen molar-refractivity contribution in [3.63, 3.8) is 0 Å². The van der Waals surface area contributed by atoms with Gasteiger partial charge in [-0.2, -0.15) is 0 Å². The van der Waals surface area contributed by atoms with E-state index in [9.17, 15) is 14.7 Å². The molecule has 1 atom stereocenters. The first-order chi connectivity index (χ1) is 7.57. The Balaban J connectivity index is 3.72.